The van der Waals surface area contributed by atoms with Gasteiger partial charge in [0.2, 0.25) is 0 Å². The molecule has 1 aliphatic rings. The molecule has 33 heavy (non-hydrogen) atoms. The second-order valence-electron chi connectivity index (χ2n) is 8.04. The first-order chi connectivity index (χ1) is 16.1. The maximum atomic E-state index is 5.88. The van der Waals surface area contributed by atoms with Crippen molar-refractivity contribution < 1.29 is 4.74 Å². The van der Waals surface area contributed by atoms with Crippen molar-refractivity contribution in [1.82, 2.24) is 19.9 Å². The summed E-state index contributed by atoms with van der Waals surface area (Å²) < 4.78 is 7.94. The molecule has 1 aliphatic heterocycles. The van der Waals surface area contributed by atoms with Gasteiger partial charge in [0.25, 0.3) is 0 Å². The van der Waals surface area contributed by atoms with Crippen molar-refractivity contribution >= 4 is 23.0 Å². The van der Waals surface area contributed by atoms with Crippen LogP contribution in [0.5, 0.6) is 5.75 Å². The molecule has 3 aromatic heterocycles. The highest BCUT2D eigenvalue weighted by atomic mass is 32.1. The average Bonchev–Trinajstić information content (AvgIpc) is 3.35. The summed E-state index contributed by atoms with van der Waals surface area (Å²) in [5.74, 6) is 0.773. The molecule has 0 bridgehead atoms. The minimum Gasteiger partial charge on any atom is -0.495 e. The molecule has 0 amide bonds. The van der Waals surface area contributed by atoms with E-state index in [1.807, 2.05) is 60.9 Å². The molecule has 0 spiro atoms. The number of nitrogens with zero attached hydrogens (tertiary/aromatic N) is 4. The van der Waals surface area contributed by atoms with Crippen molar-refractivity contribution in [2.75, 3.05) is 12.0 Å². The fourth-order valence-corrected chi connectivity index (χ4v) is 5.07. The Morgan fingerprint density at radius 2 is 1.82 bits per heavy atom. The van der Waals surface area contributed by atoms with Crippen LogP contribution >= 0.6 is 12.2 Å². The van der Waals surface area contributed by atoms with E-state index < -0.39 is 0 Å². The maximum absolute atomic E-state index is 5.88. The van der Waals surface area contributed by atoms with Gasteiger partial charge in [0.1, 0.15) is 5.75 Å². The van der Waals surface area contributed by atoms with Crippen molar-refractivity contribution in [2.45, 2.75) is 25.9 Å². The molecule has 5 rings (SSSR count). The summed E-state index contributed by atoms with van der Waals surface area (Å²) in [4.78, 5) is 11.1. The standard InChI is InChI=1S/C26H25N5OS/c1-17-15-20(18(2)30(17)19-9-8-13-27-16-19)25-24(21-10-6-7-14-28-21)29-26(33)31(25)22-11-4-5-12-23(22)32-3/h4-16,24-25H,1-3H3,(H,29,33). The SMILES string of the molecule is COc1ccccc1N1C(=S)NC(c2ccccn2)C1c1cc(C)n(-c2cccnc2)c1C. The normalized spacial score (nSPS) is 17.8. The van der Waals surface area contributed by atoms with Crippen molar-refractivity contribution in [3.8, 4) is 11.4 Å². The Hall–Kier alpha value is -3.71. The number of ether oxygens (including phenoxy) is 1. The van der Waals surface area contributed by atoms with Crippen LogP contribution in [0.1, 0.15) is 34.7 Å². The summed E-state index contributed by atoms with van der Waals surface area (Å²) in [6.07, 6.45) is 5.50. The van der Waals surface area contributed by atoms with Gasteiger partial charge in [-0.05, 0) is 74.1 Å². The van der Waals surface area contributed by atoms with Crippen molar-refractivity contribution in [1.29, 1.82) is 0 Å². The molecular formula is C26H25N5OS. The van der Waals surface area contributed by atoms with Crippen molar-refractivity contribution in [2.24, 2.45) is 0 Å². The fraction of sp³-hybridized carbons (Fsp3) is 0.192. The maximum Gasteiger partial charge on any atom is 0.174 e. The van der Waals surface area contributed by atoms with Gasteiger partial charge in [0.15, 0.2) is 5.11 Å². The second-order valence-corrected chi connectivity index (χ2v) is 8.43. The Kier molecular flexibility index (Phi) is 5.56. The van der Waals surface area contributed by atoms with Gasteiger partial charge in [-0.3, -0.25) is 9.97 Å². The average molecular weight is 456 g/mol. The van der Waals surface area contributed by atoms with E-state index in [1.165, 1.54) is 5.56 Å². The quantitative estimate of drug-likeness (QED) is 0.424. The van der Waals surface area contributed by atoms with Crippen LogP contribution in [-0.2, 0) is 0 Å². The zero-order chi connectivity index (χ0) is 22.9. The molecule has 2 unspecified atom stereocenters. The van der Waals surface area contributed by atoms with Crippen LogP contribution in [0.15, 0.2) is 79.3 Å². The first-order valence-corrected chi connectivity index (χ1v) is 11.2. The summed E-state index contributed by atoms with van der Waals surface area (Å²) in [5, 5.41) is 4.18. The smallest absolute Gasteiger partial charge is 0.174 e. The van der Waals surface area contributed by atoms with E-state index in [9.17, 15) is 0 Å². The molecular weight excluding hydrogens is 430 g/mol. The third-order valence-corrected chi connectivity index (χ3v) is 6.45. The molecule has 0 aliphatic carbocycles. The van der Waals surface area contributed by atoms with Crippen LogP contribution < -0.4 is 15.0 Å². The van der Waals surface area contributed by atoms with Gasteiger partial charge in [-0.1, -0.05) is 18.2 Å². The summed E-state index contributed by atoms with van der Waals surface area (Å²) in [6.45, 7) is 4.26. The number of hydrogen-bond acceptors (Lipinski definition) is 4. The Bertz CT molecular complexity index is 1290. The first kappa shape index (κ1) is 21.2. The van der Waals surface area contributed by atoms with E-state index in [-0.39, 0.29) is 12.1 Å². The number of thiocarbonyl (C=S) groups is 1. The Morgan fingerprint density at radius 3 is 2.55 bits per heavy atom. The number of anilines is 1. The predicted molar refractivity (Wildman–Crippen MR) is 134 cm³/mol. The van der Waals surface area contributed by atoms with Crippen LogP contribution in [0.4, 0.5) is 5.69 Å². The highest BCUT2D eigenvalue weighted by Crippen LogP contribution is 2.45. The number of aryl methyl sites for hydroxylation is 1. The number of methoxy groups -OCH3 is 1. The number of rotatable bonds is 5. The molecule has 4 heterocycles. The number of pyridine rings is 2. The molecule has 2 atom stereocenters. The molecule has 1 aromatic carbocycles. The largest absolute Gasteiger partial charge is 0.495 e. The number of aromatic nitrogens is 3. The van der Waals surface area contributed by atoms with Crippen LogP contribution in [0.3, 0.4) is 0 Å². The van der Waals surface area contributed by atoms with Gasteiger partial charge in [-0.15, -0.1) is 0 Å². The Balaban J connectivity index is 1.71. The highest BCUT2D eigenvalue weighted by molar-refractivity contribution is 7.80. The lowest BCUT2D eigenvalue weighted by molar-refractivity contribution is 0.414. The van der Waals surface area contributed by atoms with E-state index in [1.54, 1.807) is 13.3 Å². The van der Waals surface area contributed by atoms with Crippen LogP contribution in [0, 0.1) is 13.8 Å². The van der Waals surface area contributed by atoms with Gasteiger partial charge in [0, 0.05) is 23.8 Å². The zero-order valence-electron chi connectivity index (χ0n) is 18.8. The highest BCUT2D eigenvalue weighted by Gasteiger charge is 2.43. The van der Waals surface area contributed by atoms with Gasteiger partial charge in [-0.2, -0.15) is 0 Å². The molecule has 6 nitrogen and oxygen atoms in total. The summed E-state index contributed by atoms with van der Waals surface area (Å²) in [5.41, 5.74) is 6.34. The molecule has 166 valence electrons. The fourth-order valence-electron chi connectivity index (χ4n) is 4.73. The molecule has 0 saturated carbocycles. The van der Waals surface area contributed by atoms with Gasteiger partial charge >= 0.3 is 0 Å². The monoisotopic (exact) mass is 455 g/mol. The zero-order valence-corrected chi connectivity index (χ0v) is 19.6. The van der Waals surface area contributed by atoms with E-state index in [0.29, 0.717) is 5.11 Å². The molecule has 1 saturated heterocycles. The first-order valence-electron chi connectivity index (χ1n) is 10.8. The van der Waals surface area contributed by atoms with Crippen molar-refractivity contribution in [3.05, 3.63) is 102 Å². The van der Waals surface area contributed by atoms with E-state index >= 15 is 0 Å². The van der Waals surface area contributed by atoms with E-state index in [0.717, 1.165) is 34.2 Å². The summed E-state index contributed by atoms with van der Waals surface area (Å²) in [7, 11) is 1.69. The van der Waals surface area contributed by atoms with Gasteiger partial charge in [0.05, 0.1) is 42.5 Å². The van der Waals surface area contributed by atoms with Crippen molar-refractivity contribution in [3.63, 3.8) is 0 Å². The molecule has 1 fully saturated rings. The lowest BCUT2D eigenvalue weighted by Gasteiger charge is -2.29. The Labute approximate surface area is 198 Å². The predicted octanol–water partition coefficient (Wildman–Crippen LogP) is 5.07. The van der Waals surface area contributed by atoms with Crippen LogP contribution in [0.2, 0.25) is 0 Å². The number of nitrogens with one attached hydrogen (secondary N) is 1. The summed E-state index contributed by atoms with van der Waals surface area (Å²) >= 11 is 5.88. The van der Waals surface area contributed by atoms with Crippen LogP contribution in [-0.4, -0.2) is 26.8 Å². The number of hydrogen-bond donors (Lipinski definition) is 1. The number of para-hydroxylation sites is 2. The Morgan fingerprint density at radius 1 is 1.00 bits per heavy atom. The lowest BCUT2D eigenvalue weighted by Crippen LogP contribution is -2.30. The number of benzene rings is 1. The van der Waals surface area contributed by atoms with Crippen LogP contribution in [0.25, 0.3) is 5.69 Å². The molecule has 7 heteroatoms. The second kappa shape index (κ2) is 8.67. The molecule has 4 aromatic rings. The molecule has 1 N–H and O–H groups in total. The minimum atomic E-state index is -0.119. The van der Waals surface area contributed by atoms with Gasteiger partial charge in [-0.25, -0.2) is 0 Å². The van der Waals surface area contributed by atoms with E-state index in [2.05, 4.69) is 50.7 Å². The topological polar surface area (TPSA) is 55.2 Å². The molecule has 0 radical (unpaired) electrons. The lowest BCUT2D eigenvalue weighted by atomic mass is 9.96. The minimum absolute atomic E-state index is 0.111. The third-order valence-electron chi connectivity index (χ3n) is 6.14. The van der Waals surface area contributed by atoms with E-state index in [4.69, 9.17) is 17.0 Å². The van der Waals surface area contributed by atoms with Gasteiger partial charge < -0.3 is 19.5 Å². The summed E-state index contributed by atoms with van der Waals surface area (Å²) in [6, 6.07) is 20.0. The third kappa shape index (κ3) is 3.64.